The fourth-order valence-electron chi connectivity index (χ4n) is 2.82. The Bertz CT molecular complexity index is 462. The van der Waals surface area contributed by atoms with Gasteiger partial charge in [-0.1, -0.05) is 19.9 Å². The summed E-state index contributed by atoms with van der Waals surface area (Å²) >= 11 is 3.59. The second-order valence-corrected chi connectivity index (χ2v) is 6.50. The van der Waals surface area contributed by atoms with Crippen LogP contribution in [0.1, 0.15) is 38.2 Å². The van der Waals surface area contributed by atoms with Crippen LogP contribution in [0.15, 0.2) is 16.6 Å². The number of ether oxygens (including phenoxy) is 2. The van der Waals surface area contributed by atoms with Crippen molar-refractivity contribution < 1.29 is 9.47 Å². The lowest BCUT2D eigenvalue weighted by Crippen LogP contribution is -2.36. The Morgan fingerprint density at radius 2 is 2.00 bits per heavy atom. The van der Waals surface area contributed by atoms with Crippen molar-refractivity contribution in [3.8, 4) is 11.5 Å². The third-order valence-electron chi connectivity index (χ3n) is 4.12. The molecule has 0 amide bonds. The zero-order chi connectivity index (χ0) is 14.7. The molecule has 2 atom stereocenters. The zero-order valence-electron chi connectivity index (χ0n) is 12.7. The van der Waals surface area contributed by atoms with Gasteiger partial charge in [-0.3, -0.25) is 0 Å². The number of methoxy groups -OCH3 is 2. The lowest BCUT2D eigenvalue weighted by atomic mass is 9.69. The van der Waals surface area contributed by atoms with E-state index in [2.05, 4.69) is 41.2 Å². The number of halogens is 1. The van der Waals surface area contributed by atoms with Crippen molar-refractivity contribution in [2.24, 2.45) is 5.92 Å². The van der Waals surface area contributed by atoms with Crippen LogP contribution in [0.25, 0.3) is 0 Å². The highest BCUT2D eigenvalue weighted by atomic mass is 79.9. The fourth-order valence-corrected chi connectivity index (χ4v) is 3.50. The molecular formula is C16H24BrNO2. The highest BCUT2D eigenvalue weighted by Gasteiger charge is 2.34. The third-order valence-corrected chi connectivity index (χ3v) is 4.87. The van der Waals surface area contributed by atoms with Gasteiger partial charge in [0.15, 0.2) is 0 Å². The number of hydrogen-bond donors (Lipinski definition) is 1. The van der Waals surface area contributed by atoms with Gasteiger partial charge >= 0.3 is 0 Å². The van der Waals surface area contributed by atoms with E-state index in [-0.39, 0.29) is 0 Å². The van der Waals surface area contributed by atoms with Gasteiger partial charge in [0.1, 0.15) is 16.0 Å². The summed E-state index contributed by atoms with van der Waals surface area (Å²) in [6.07, 6.45) is 2.52. The van der Waals surface area contributed by atoms with Crippen molar-refractivity contribution in [2.45, 2.75) is 38.6 Å². The maximum Gasteiger partial charge on any atom is 0.140 e. The average molecular weight is 342 g/mol. The van der Waals surface area contributed by atoms with Crippen molar-refractivity contribution in [1.82, 2.24) is 5.32 Å². The molecule has 0 bridgehead atoms. The topological polar surface area (TPSA) is 30.5 Å². The van der Waals surface area contributed by atoms with E-state index in [1.54, 1.807) is 14.2 Å². The van der Waals surface area contributed by atoms with Crippen LogP contribution in [0, 0.1) is 5.92 Å². The molecule has 112 valence electrons. The number of rotatable bonds is 6. The Morgan fingerprint density at radius 1 is 1.25 bits per heavy atom. The molecule has 1 N–H and O–H groups in total. The molecule has 1 aromatic carbocycles. The molecule has 1 fully saturated rings. The van der Waals surface area contributed by atoms with Crippen LogP contribution in [0.2, 0.25) is 0 Å². The van der Waals surface area contributed by atoms with E-state index in [0.29, 0.717) is 17.9 Å². The summed E-state index contributed by atoms with van der Waals surface area (Å²) in [6, 6.07) is 4.71. The highest BCUT2D eigenvalue weighted by Crippen LogP contribution is 2.49. The first-order chi connectivity index (χ1) is 9.58. The molecule has 1 saturated carbocycles. The SMILES string of the molecule is COc1ccc(C2CCC2CNC(C)C)c(OC)c1Br. The maximum atomic E-state index is 5.60. The van der Waals surface area contributed by atoms with Crippen LogP contribution < -0.4 is 14.8 Å². The lowest BCUT2D eigenvalue weighted by Gasteiger charge is -2.38. The molecule has 1 aliphatic carbocycles. The van der Waals surface area contributed by atoms with E-state index in [1.165, 1.54) is 18.4 Å². The van der Waals surface area contributed by atoms with Gasteiger partial charge in [-0.2, -0.15) is 0 Å². The molecule has 0 radical (unpaired) electrons. The van der Waals surface area contributed by atoms with Gasteiger partial charge in [-0.15, -0.1) is 0 Å². The largest absolute Gasteiger partial charge is 0.495 e. The summed E-state index contributed by atoms with van der Waals surface area (Å²) in [5.41, 5.74) is 1.29. The predicted octanol–water partition coefficient (Wildman–Crippen LogP) is 3.96. The van der Waals surface area contributed by atoms with Gasteiger partial charge in [0.25, 0.3) is 0 Å². The first-order valence-corrected chi connectivity index (χ1v) is 8.01. The van der Waals surface area contributed by atoms with Gasteiger partial charge in [0.2, 0.25) is 0 Å². The van der Waals surface area contributed by atoms with Crippen molar-refractivity contribution in [3.63, 3.8) is 0 Å². The average Bonchev–Trinajstić information content (AvgIpc) is 2.38. The van der Waals surface area contributed by atoms with E-state index in [9.17, 15) is 0 Å². The van der Waals surface area contributed by atoms with E-state index in [1.807, 2.05) is 6.07 Å². The number of nitrogens with one attached hydrogen (secondary N) is 1. The molecule has 20 heavy (non-hydrogen) atoms. The summed E-state index contributed by atoms with van der Waals surface area (Å²) in [4.78, 5) is 0. The van der Waals surface area contributed by atoms with Crippen molar-refractivity contribution in [3.05, 3.63) is 22.2 Å². The van der Waals surface area contributed by atoms with E-state index in [0.717, 1.165) is 22.5 Å². The highest BCUT2D eigenvalue weighted by molar-refractivity contribution is 9.10. The van der Waals surface area contributed by atoms with E-state index >= 15 is 0 Å². The minimum absolute atomic E-state index is 0.542. The van der Waals surface area contributed by atoms with Crippen LogP contribution >= 0.6 is 15.9 Å². The summed E-state index contributed by atoms with van der Waals surface area (Å²) in [7, 11) is 3.40. The quantitative estimate of drug-likeness (QED) is 0.849. The molecule has 0 aliphatic heterocycles. The fraction of sp³-hybridized carbons (Fsp3) is 0.625. The standard InChI is InChI=1S/C16H24BrNO2/c1-10(2)18-9-11-5-6-12(11)13-7-8-14(19-3)15(17)16(13)20-4/h7-8,10-12,18H,5-6,9H2,1-4H3. The molecule has 0 spiro atoms. The Labute approximate surface area is 130 Å². The first kappa shape index (κ1) is 15.6. The summed E-state index contributed by atoms with van der Waals surface area (Å²) in [6.45, 7) is 5.46. The van der Waals surface area contributed by atoms with Gasteiger partial charge in [-0.25, -0.2) is 0 Å². The van der Waals surface area contributed by atoms with Gasteiger partial charge in [-0.05, 0) is 58.8 Å². The Balaban J connectivity index is 2.18. The molecule has 0 saturated heterocycles. The van der Waals surface area contributed by atoms with Gasteiger partial charge in [0.05, 0.1) is 14.2 Å². The molecule has 0 heterocycles. The van der Waals surface area contributed by atoms with Crippen molar-refractivity contribution in [1.29, 1.82) is 0 Å². The number of hydrogen-bond acceptors (Lipinski definition) is 3. The molecule has 3 nitrogen and oxygen atoms in total. The Kier molecular flexibility index (Phi) is 5.33. The van der Waals surface area contributed by atoms with Crippen LogP contribution in [-0.2, 0) is 0 Å². The van der Waals surface area contributed by atoms with Crippen molar-refractivity contribution in [2.75, 3.05) is 20.8 Å². The molecule has 2 unspecified atom stereocenters. The normalized spacial score (nSPS) is 21.7. The van der Waals surface area contributed by atoms with Crippen LogP contribution in [0.5, 0.6) is 11.5 Å². The van der Waals surface area contributed by atoms with Gasteiger partial charge < -0.3 is 14.8 Å². The second kappa shape index (κ2) is 6.81. The molecule has 0 aromatic heterocycles. The minimum atomic E-state index is 0.542. The maximum absolute atomic E-state index is 5.60. The smallest absolute Gasteiger partial charge is 0.140 e. The van der Waals surface area contributed by atoms with Crippen molar-refractivity contribution >= 4 is 15.9 Å². The zero-order valence-corrected chi connectivity index (χ0v) is 14.3. The van der Waals surface area contributed by atoms with Crippen LogP contribution in [0.4, 0.5) is 0 Å². The third kappa shape index (κ3) is 3.12. The molecule has 2 rings (SSSR count). The van der Waals surface area contributed by atoms with Crippen LogP contribution in [0.3, 0.4) is 0 Å². The molecular weight excluding hydrogens is 318 g/mol. The lowest BCUT2D eigenvalue weighted by molar-refractivity contribution is 0.234. The molecule has 4 heteroatoms. The predicted molar refractivity (Wildman–Crippen MR) is 85.8 cm³/mol. The molecule has 1 aromatic rings. The molecule has 1 aliphatic rings. The monoisotopic (exact) mass is 341 g/mol. The van der Waals surface area contributed by atoms with E-state index in [4.69, 9.17) is 9.47 Å². The summed E-state index contributed by atoms with van der Waals surface area (Å²) < 4.78 is 11.9. The Hall–Kier alpha value is -0.740. The summed E-state index contributed by atoms with van der Waals surface area (Å²) in [5, 5.41) is 3.54. The minimum Gasteiger partial charge on any atom is -0.495 e. The summed E-state index contributed by atoms with van der Waals surface area (Å²) in [5.74, 6) is 3.02. The Morgan fingerprint density at radius 3 is 2.50 bits per heavy atom. The second-order valence-electron chi connectivity index (χ2n) is 5.71. The first-order valence-electron chi connectivity index (χ1n) is 7.22. The number of benzene rings is 1. The van der Waals surface area contributed by atoms with Crippen LogP contribution in [-0.4, -0.2) is 26.8 Å². The van der Waals surface area contributed by atoms with Gasteiger partial charge in [0, 0.05) is 6.04 Å². The van der Waals surface area contributed by atoms with E-state index < -0.39 is 0 Å².